The molecule has 1 unspecified atom stereocenters. The van der Waals surface area contributed by atoms with Crippen molar-refractivity contribution in [2.75, 3.05) is 0 Å². The Morgan fingerprint density at radius 2 is 0.564 bits per heavy atom. The number of carbonyl (C=O) groups is 1. The van der Waals surface area contributed by atoms with Crippen molar-refractivity contribution in [2.24, 2.45) is 0 Å². The van der Waals surface area contributed by atoms with Gasteiger partial charge in [-0.1, -0.05) is 0 Å². The monoisotopic (exact) mass is 660 g/mol. The molecule has 39 heavy (non-hydrogen) atoms. The minimum absolute atomic E-state index is 2.80. The number of halogens is 22. The van der Waals surface area contributed by atoms with Gasteiger partial charge in [-0.3, -0.25) is 9.35 Å². The van der Waals surface area contributed by atoms with Gasteiger partial charge in [0, 0.05) is 0 Å². The normalized spacial score (nSPS) is 18.1. The minimum Gasteiger partial charge on any atom is -0.298 e. The molecule has 0 heterocycles. The summed E-state index contributed by atoms with van der Waals surface area (Å²) in [5, 5.41) is -7.29. The molecule has 27 heteroatoms. The lowest BCUT2D eigenvalue weighted by Crippen LogP contribution is -2.78. The molecule has 0 aromatic rings. The Labute approximate surface area is 196 Å². The molecule has 0 radical (unpaired) electrons. The number of rotatable bonds is 11. The maximum Gasteiger partial charge on any atom is 0.460 e. The highest BCUT2D eigenvalue weighted by Gasteiger charge is 2.99. The van der Waals surface area contributed by atoms with Crippen LogP contribution < -0.4 is 0 Å². The van der Waals surface area contributed by atoms with Crippen LogP contribution in [0.15, 0.2) is 0 Å². The summed E-state index contributed by atoms with van der Waals surface area (Å²) in [7, 11) is -7.89. The third-order valence-electron chi connectivity index (χ3n) is 4.47. The molecule has 0 fully saturated rings. The van der Waals surface area contributed by atoms with E-state index in [4.69, 9.17) is 4.55 Å². The molecule has 0 aliphatic carbocycles. The van der Waals surface area contributed by atoms with Gasteiger partial charge in [-0.05, 0) is 0 Å². The standard InChI is InChI=1S/C12H2F22O4S/c13-2(1-35,39(36,37)38)3(14,15)4(16,17)5(18,19)6(20,21)7(22,23)8(24,25)9(26,27)10(28,29)11(30,31)12(32,33)34/h1H,(H,36,37,38). The van der Waals surface area contributed by atoms with Crippen molar-refractivity contribution in [1.29, 1.82) is 0 Å². The fraction of sp³-hybridized carbons (Fsp3) is 0.917. The molecular formula is C12H2F22O4S. The summed E-state index contributed by atoms with van der Waals surface area (Å²) in [6, 6.07) is 0. The number of carbonyl (C=O) groups excluding carboxylic acids is 1. The Bertz CT molecular complexity index is 1060. The van der Waals surface area contributed by atoms with E-state index in [0.29, 0.717) is 0 Å². The van der Waals surface area contributed by atoms with E-state index in [1.807, 2.05) is 0 Å². The van der Waals surface area contributed by atoms with Crippen LogP contribution in [-0.4, -0.2) is 83.7 Å². The van der Waals surface area contributed by atoms with Crippen molar-refractivity contribution >= 4 is 16.4 Å². The quantitative estimate of drug-likeness (QED) is 0.167. The van der Waals surface area contributed by atoms with E-state index < -0.39 is 80.9 Å². The summed E-state index contributed by atoms with van der Waals surface area (Å²) in [5.74, 6) is -82.5. The summed E-state index contributed by atoms with van der Waals surface area (Å²) in [6.45, 7) is 0. The molecule has 0 aromatic carbocycles. The van der Waals surface area contributed by atoms with Crippen molar-refractivity contribution in [3.63, 3.8) is 0 Å². The van der Waals surface area contributed by atoms with Crippen molar-refractivity contribution in [1.82, 2.24) is 0 Å². The van der Waals surface area contributed by atoms with Gasteiger partial charge in [0.1, 0.15) is 0 Å². The second-order valence-corrected chi connectivity index (χ2v) is 8.45. The van der Waals surface area contributed by atoms with Crippen LogP contribution in [0.4, 0.5) is 96.6 Å². The maximum absolute atomic E-state index is 13.6. The fourth-order valence-electron chi connectivity index (χ4n) is 2.07. The van der Waals surface area contributed by atoms with Crippen molar-refractivity contribution in [2.45, 2.75) is 64.5 Å². The second kappa shape index (κ2) is 8.77. The van der Waals surface area contributed by atoms with Crippen molar-refractivity contribution < 1.29 is 114 Å². The molecule has 234 valence electrons. The predicted octanol–water partition coefficient (Wildman–Crippen LogP) is 6.02. The second-order valence-electron chi connectivity index (χ2n) is 6.91. The summed E-state index contributed by atoms with van der Waals surface area (Å²) < 4.78 is 318. The zero-order valence-corrected chi connectivity index (χ0v) is 17.3. The average molecular weight is 660 g/mol. The minimum atomic E-state index is -9.55. The van der Waals surface area contributed by atoms with Gasteiger partial charge in [0.25, 0.3) is 0 Å². The fourth-order valence-corrected chi connectivity index (χ4v) is 2.64. The molecule has 1 atom stereocenters. The van der Waals surface area contributed by atoms with Crippen LogP contribution in [0.25, 0.3) is 0 Å². The van der Waals surface area contributed by atoms with E-state index >= 15 is 0 Å². The van der Waals surface area contributed by atoms with Crippen molar-refractivity contribution in [3.05, 3.63) is 0 Å². The summed E-state index contributed by atoms with van der Waals surface area (Å²) >= 11 is 0. The largest absolute Gasteiger partial charge is 0.460 e. The first kappa shape index (κ1) is 37.0. The summed E-state index contributed by atoms with van der Waals surface area (Å²) in [4.78, 5) is 10.1. The Balaban J connectivity index is 7.43. The Morgan fingerprint density at radius 1 is 0.385 bits per heavy atom. The van der Waals surface area contributed by atoms with Gasteiger partial charge in [0.15, 0.2) is 6.29 Å². The number of alkyl halides is 22. The highest BCUT2D eigenvalue weighted by atomic mass is 32.2. The lowest BCUT2D eigenvalue weighted by molar-refractivity contribution is -0.475. The molecule has 0 bridgehead atoms. The van der Waals surface area contributed by atoms with Crippen LogP contribution in [0.2, 0.25) is 0 Å². The van der Waals surface area contributed by atoms with E-state index in [-0.39, 0.29) is 0 Å². The van der Waals surface area contributed by atoms with Gasteiger partial charge in [-0.15, -0.1) is 0 Å². The smallest absolute Gasteiger partial charge is 0.298 e. The van der Waals surface area contributed by atoms with Gasteiger partial charge in [0.2, 0.25) is 0 Å². The van der Waals surface area contributed by atoms with Gasteiger partial charge < -0.3 is 0 Å². The molecule has 0 saturated carbocycles. The van der Waals surface area contributed by atoms with E-state index in [0.717, 1.165) is 0 Å². The SMILES string of the molecule is O=CC(F)(C(F)(F)C(F)(F)C(F)(F)C(F)(F)C(F)(F)C(F)(F)C(F)(F)C(F)(F)C(F)(F)C(F)(F)F)S(=O)(=O)O. The van der Waals surface area contributed by atoms with E-state index in [2.05, 4.69) is 0 Å². The van der Waals surface area contributed by atoms with Crippen molar-refractivity contribution in [3.8, 4) is 0 Å². The Morgan fingerprint density at radius 3 is 0.718 bits per heavy atom. The maximum atomic E-state index is 13.6. The van der Waals surface area contributed by atoms with Gasteiger partial charge in [-0.2, -0.15) is 101 Å². The average Bonchev–Trinajstić information content (AvgIpc) is 2.69. The molecule has 0 aromatic heterocycles. The Hall–Kier alpha value is -1.96. The first-order valence-electron chi connectivity index (χ1n) is 7.90. The first-order chi connectivity index (χ1) is 16.3. The molecule has 0 rings (SSSR count). The number of hydrogen-bond acceptors (Lipinski definition) is 3. The molecule has 4 nitrogen and oxygen atoms in total. The highest BCUT2D eigenvalue weighted by Crippen LogP contribution is 2.67. The molecule has 0 aliphatic heterocycles. The van der Waals surface area contributed by atoms with Crippen LogP contribution in [0.3, 0.4) is 0 Å². The Kier molecular flexibility index (Phi) is 8.33. The van der Waals surface area contributed by atoms with Crippen LogP contribution >= 0.6 is 0 Å². The molecule has 1 N–H and O–H groups in total. The highest BCUT2D eigenvalue weighted by molar-refractivity contribution is 7.87. The lowest BCUT2D eigenvalue weighted by Gasteiger charge is -2.45. The zero-order valence-electron chi connectivity index (χ0n) is 16.5. The van der Waals surface area contributed by atoms with Gasteiger partial charge in [0.05, 0.1) is 0 Å². The number of aldehydes is 1. The van der Waals surface area contributed by atoms with Crippen LogP contribution in [0.1, 0.15) is 0 Å². The molecule has 0 spiro atoms. The first-order valence-corrected chi connectivity index (χ1v) is 9.34. The predicted molar refractivity (Wildman–Crippen MR) is 72.0 cm³/mol. The van der Waals surface area contributed by atoms with Crippen LogP contribution in [0, 0.1) is 0 Å². The van der Waals surface area contributed by atoms with Crippen LogP contribution in [0.5, 0.6) is 0 Å². The third-order valence-corrected chi connectivity index (χ3v) is 5.57. The van der Waals surface area contributed by atoms with E-state index in [9.17, 15) is 110 Å². The van der Waals surface area contributed by atoms with E-state index in [1.54, 1.807) is 0 Å². The third kappa shape index (κ3) is 4.17. The lowest BCUT2D eigenvalue weighted by atomic mass is 9.85. The van der Waals surface area contributed by atoms with Gasteiger partial charge in [-0.25, -0.2) is 4.39 Å². The summed E-state index contributed by atoms with van der Waals surface area (Å²) in [6.07, 6.45) is -11.0. The summed E-state index contributed by atoms with van der Waals surface area (Å²) in [5.41, 5.74) is 0. The molecule has 0 saturated heterocycles. The topological polar surface area (TPSA) is 71.4 Å². The zero-order chi connectivity index (χ0) is 32.7. The van der Waals surface area contributed by atoms with Gasteiger partial charge >= 0.3 is 74.6 Å². The van der Waals surface area contributed by atoms with Crippen LogP contribution in [-0.2, 0) is 14.9 Å². The number of hydrogen-bond donors (Lipinski definition) is 1. The molecular weight excluding hydrogens is 658 g/mol. The molecule has 0 amide bonds. The molecule has 0 aliphatic rings. The van der Waals surface area contributed by atoms with E-state index in [1.165, 1.54) is 0 Å².